The first kappa shape index (κ1) is 77.4. The van der Waals surface area contributed by atoms with E-state index in [0.717, 1.165) is 83.7 Å². The van der Waals surface area contributed by atoms with Crippen molar-refractivity contribution in [1.29, 1.82) is 0 Å². The molecule has 10 nitrogen and oxygen atoms in total. The Bertz CT molecular complexity index is 2730. The number of rotatable bonds is 43. The summed E-state index contributed by atoms with van der Waals surface area (Å²) in [6.45, 7) is 31.7. The maximum absolute atomic E-state index is 13.4. The highest BCUT2D eigenvalue weighted by atomic mass is 16.6. The van der Waals surface area contributed by atoms with Crippen molar-refractivity contribution < 1.29 is 47.6 Å². The zero-order valence-corrected chi connectivity index (χ0v) is 61.4. The molecule has 0 radical (unpaired) electrons. The lowest BCUT2D eigenvalue weighted by atomic mass is 9.77. The molecule has 2 aliphatic heterocycles. The molecule has 4 aromatic carbocycles. The number of hydrogen-bond donors (Lipinski definition) is 0. The summed E-state index contributed by atoms with van der Waals surface area (Å²) in [5.74, 6) is 2.50. The van der Waals surface area contributed by atoms with Gasteiger partial charge >= 0.3 is 23.9 Å². The topological polar surface area (TPSA) is 124 Å². The van der Waals surface area contributed by atoms with Crippen LogP contribution in [0.3, 0.4) is 0 Å². The molecular formula is C84H126O10. The minimum absolute atomic E-state index is 0.0824. The Balaban J connectivity index is 0.851. The second-order valence-corrected chi connectivity index (χ2v) is 31.8. The monoisotopic (exact) mass is 1290 g/mol. The van der Waals surface area contributed by atoms with E-state index < -0.39 is 11.8 Å². The summed E-state index contributed by atoms with van der Waals surface area (Å²) < 4.78 is 35.0. The first-order valence-electron chi connectivity index (χ1n) is 37.4. The van der Waals surface area contributed by atoms with E-state index >= 15 is 0 Å². The Labute approximate surface area is 570 Å². The molecule has 0 aliphatic carbocycles. The third-order valence-corrected chi connectivity index (χ3v) is 19.7. The zero-order chi connectivity index (χ0) is 68.3. The van der Waals surface area contributed by atoms with Crippen molar-refractivity contribution in [2.24, 2.45) is 11.8 Å². The van der Waals surface area contributed by atoms with Gasteiger partial charge in [0.25, 0.3) is 0 Å². The van der Waals surface area contributed by atoms with Crippen LogP contribution >= 0.6 is 0 Å². The van der Waals surface area contributed by atoms with E-state index in [9.17, 15) is 19.2 Å². The first-order chi connectivity index (χ1) is 44.8. The number of carbonyl (C=O) groups excluding carboxylic acids is 4. The number of fused-ring (bicyclic) bond motifs is 2. The molecule has 94 heavy (non-hydrogen) atoms. The van der Waals surface area contributed by atoms with Crippen LogP contribution in [0.1, 0.15) is 346 Å². The van der Waals surface area contributed by atoms with Crippen molar-refractivity contribution in [1.82, 2.24) is 0 Å². The fourth-order valence-electron chi connectivity index (χ4n) is 13.8. The zero-order valence-electron chi connectivity index (χ0n) is 61.4. The molecule has 0 aromatic heterocycles. The van der Waals surface area contributed by atoms with Crippen molar-refractivity contribution in [2.45, 2.75) is 323 Å². The molecule has 2 aliphatic rings. The van der Waals surface area contributed by atoms with Crippen LogP contribution in [0.15, 0.2) is 72.8 Å². The molecule has 4 atom stereocenters. The van der Waals surface area contributed by atoms with Crippen molar-refractivity contribution in [2.75, 3.05) is 26.4 Å². The molecule has 4 unspecified atom stereocenters. The number of unbranched alkanes of at least 4 members (excludes halogenated alkanes) is 20. The maximum Gasteiger partial charge on any atom is 0.323 e. The summed E-state index contributed by atoms with van der Waals surface area (Å²) in [7, 11) is 0. The third-order valence-electron chi connectivity index (χ3n) is 19.7. The first-order valence-corrected chi connectivity index (χ1v) is 37.4. The van der Waals surface area contributed by atoms with E-state index in [1.807, 2.05) is 48.5 Å². The van der Waals surface area contributed by atoms with E-state index in [4.69, 9.17) is 28.4 Å². The SMILES string of the molecule is CCCCCCCCC(CCCCCCCCC(=O)OCCOc1ccc(C2C(=O)Oc3c2cc(C(C)(C)C)cc3C(C)(C)C)cc1)C(CCCCCCCC)CCCCCCCCC(=O)OCCOc1ccc(C2C(=O)Oc3c2cc(C(C)(C)C)cc3C(C)(C)C)cc1. The highest BCUT2D eigenvalue weighted by Crippen LogP contribution is 2.49. The average molecular weight is 1300 g/mol. The van der Waals surface area contributed by atoms with Gasteiger partial charge in [0.15, 0.2) is 0 Å². The summed E-state index contributed by atoms with van der Waals surface area (Å²) in [6, 6.07) is 24.0. The minimum atomic E-state index is -0.497. The minimum Gasteiger partial charge on any atom is -0.490 e. The molecule has 0 N–H and O–H groups in total. The molecule has 0 amide bonds. The summed E-state index contributed by atoms with van der Waals surface area (Å²) in [5.41, 5.74) is 7.51. The summed E-state index contributed by atoms with van der Waals surface area (Å²) in [5, 5.41) is 0. The van der Waals surface area contributed by atoms with E-state index in [-0.39, 0.29) is 72.0 Å². The van der Waals surface area contributed by atoms with Crippen LogP contribution in [0.2, 0.25) is 0 Å². The number of hydrogen-bond acceptors (Lipinski definition) is 10. The van der Waals surface area contributed by atoms with Crippen LogP contribution in [-0.4, -0.2) is 50.3 Å². The van der Waals surface area contributed by atoms with Crippen molar-refractivity contribution in [3.63, 3.8) is 0 Å². The average Bonchev–Trinajstić information content (AvgIpc) is 1.57. The van der Waals surface area contributed by atoms with Gasteiger partial charge in [-0.1, -0.05) is 312 Å². The van der Waals surface area contributed by atoms with Gasteiger partial charge < -0.3 is 28.4 Å². The quantitative estimate of drug-likeness (QED) is 0.0240. The van der Waals surface area contributed by atoms with Gasteiger partial charge in [-0.2, -0.15) is 0 Å². The smallest absolute Gasteiger partial charge is 0.323 e. The standard InChI is InChI=1S/C84H126O10/c1-15-17-19-21-27-33-39-61(41-35-29-23-25-31-37-43-73(85)91-55-53-89-67-49-45-63(46-50-67)75-69-57-65(81(3,4)5)59-71(83(9,10)11)77(69)93-79(75)87)62(40-34-28-22-20-18-16-2)42-36-30-24-26-32-38-44-74(86)92-56-54-90-68-51-47-64(48-52-68)76-70-58-66(82(6,7)8)60-72(84(12,13)14)78(70)94-80(76)88/h45-52,57-62,75-76H,15-44,53-56H2,1-14H3. The molecule has 522 valence electrons. The third kappa shape index (κ3) is 25.1. The Morgan fingerprint density at radius 3 is 0.979 bits per heavy atom. The fourth-order valence-corrected chi connectivity index (χ4v) is 13.8. The van der Waals surface area contributed by atoms with E-state index in [0.29, 0.717) is 35.8 Å². The second-order valence-electron chi connectivity index (χ2n) is 31.8. The van der Waals surface area contributed by atoms with E-state index in [1.165, 1.54) is 152 Å². The van der Waals surface area contributed by atoms with Crippen molar-refractivity contribution in [3.8, 4) is 23.0 Å². The van der Waals surface area contributed by atoms with Gasteiger partial charge in [-0.05, 0) is 92.9 Å². The maximum atomic E-state index is 13.4. The second kappa shape index (κ2) is 38.3. The summed E-state index contributed by atoms with van der Waals surface area (Å²) >= 11 is 0. The molecule has 2 heterocycles. The van der Waals surface area contributed by atoms with Crippen LogP contribution in [0.5, 0.6) is 23.0 Å². The molecule has 0 fully saturated rings. The van der Waals surface area contributed by atoms with Crippen LogP contribution < -0.4 is 18.9 Å². The lowest BCUT2D eigenvalue weighted by molar-refractivity contribution is -0.145. The molecule has 0 saturated carbocycles. The van der Waals surface area contributed by atoms with Crippen LogP contribution in [0.4, 0.5) is 0 Å². The lowest BCUT2D eigenvalue weighted by Crippen LogP contribution is -2.17. The number of carbonyl (C=O) groups is 4. The molecule has 0 bridgehead atoms. The van der Waals surface area contributed by atoms with E-state index in [2.05, 4.69) is 121 Å². The molecule has 0 saturated heterocycles. The van der Waals surface area contributed by atoms with Gasteiger partial charge in [0, 0.05) is 35.1 Å². The van der Waals surface area contributed by atoms with Crippen molar-refractivity contribution >= 4 is 23.9 Å². The van der Waals surface area contributed by atoms with E-state index in [1.54, 1.807) is 0 Å². The Kier molecular flexibility index (Phi) is 31.6. The van der Waals surface area contributed by atoms with Crippen LogP contribution in [-0.2, 0) is 50.3 Å². The fraction of sp³-hybridized carbons (Fsp3) is 0.667. The van der Waals surface area contributed by atoms with Gasteiger partial charge in [0.1, 0.15) is 61.3 Å². The molecule has 6 rings (SSSR count). The Morgan fingerprint density at radius 1 is 0.383 bits per heavy atom. The number of ether oxygens (including phenoxy) is 6. The lowest BCUT2D eigenvalue weighted by Gasteiger charge is -2.28. The van der Waals surface area contributed by atoms with Gasteiger partial charge in [-0.25, -0.2) is 0 Å². The van der Waals surface area contributed by atoms with Crippen molar-refractivity contribution in [3.05, 3.63) is 117 Å². The van der Waals surface area contributed by atoms with Gasteiger partial charge in [0.05, 0.1) is 0 Å². The summed E-state index contributed by atoms with van der Waals surface area (Å²) in [4.78, 5) is 52.2. The Hall–Kier alpha value is -5.64. The molecular weight excluding hydrogens is 1170 g/mol. The van der Waals surface area contributed by atoms with Gasteiger partial charge in [-0.3, -0.25) is 19.2 Å². The Morgan fingerprint density at radius 2 is 0.681 bits per heavy atom. The largest absolute Gasteiger partial charge is 0.490 e. The highest BCUT2D eigenvalue weighted by Gasteiger charge is 2.41. The predicted octanol–water partition coefficient (Wildman–Crippen LogP) is 22.5. The van der Waals surface area contributed by atoms with Crippen LogP contribution in [0.25, 0.3) is 0 Å². The predicted molar refractivity (Wildman–Crippen MR) is 385 cm³/mol. The molecule has 0 spiro atoms. The number of esters is 4. The van der Waals surface area contributed by atoms with Crippen LogP contribution in [0, 0.1) is 11.8 Å². The van der Waals surface area contributed by atoms with Gasteiger partial charge in [-0.15, -0.1) is 0 Å². The molecule has 10 heteroatoms. The normalized spacial score (nSPS) is 15.5. The summed E-state index contributed by atoms with van der Waals surface area (Å²) in [6.07, 6.45) is 36.2. The highest BCUT2D eigenvalue weighted by molar-refractivity contribution is 5.91. The molecule has 4 aromatic rings. The van der Waals surface area contributed by atoms with Gasteiger partial charge in [0.2, 0.25) is 0 Å². The number of benzene rings is 4.